The van der Waals surface area contributed by atoms with Crippen LogP contribution in [-0.4, -0.2) is 44.9 Å². The average molecular weight is 279 g/mol. The highest BCUT2D eigenvalue weighted by atomic mass is 32.2. The summed E-state index contributed by atoms with van der Waals surface area (Å²) in [5.41, 5.74) is 0.0187. The Hall–Kier alpha value is -1.04. The Morgan fingerprint density at radius 3 is 2.79 bits per heavy atom. The summed E-state index contributed by atoms with van der Waals surface area (Å²) < 4.78 is 0. The van der Waals surface area contributed by atoms with Gasteiger partial charge >= 0.3 is 0 Å². The zero-order valence-electron chi connectivity index (χ0n) is 10.5. The molecule has 3 rings (SSSR count). The van der Waals surface area contributed by atoms with Gasteiger partial charge in [-0.15, -0.1) is 0 Å². The van der Waals surface area contributed by atoms with E-state index in [1.54, 1.807) is 23.9 Å². The molecule has 0 aromatic heterocycles. The van der Waals surface area contributed by atoms with Crippen molar-refractivity contribution in [3.8, 4) is 0 Å². The van der Waals surface area contributed by atoms with Gasteiger partial charge in [-0.3, -0.25) is 4.79 Å². The summed E-state index contributed by atoms with van der Waals surface area (Å²) in [5.74, 6) is 0.506. The van der Waals surface area contributed by atoms with Gasteiger partial charge in [0.15, 0.2) is 0 Å². The van der Waals surface area contributed by atoms with Gasteiger partial charge in [0.2, 0.25) is 0 Å². The second kappa shape index (κ2) is 4.81. The van der Waals surface area contributed by atoms with E-state index in [1.165, 1.54) is 0 Å². The van der Waals surface area contributed by atoms with Crippen LogP contribution in [0.2, 0.25) is 0 Å². The van der Waals surface area contributed by atoms with Gasteiger partial charge in [0.25, 0.3) is 5.91 Å². The van der Waals surface area contributed by atoms with E-state index < -0.39 is 17.7 Å². The summed E-state index contributed by atoms with van der Waals surface area (Å²) in [4.78, 5) is 12.2. The lowest BCUT2D eigenvalue weighted by atomic mass is 9.79. The number of hydrogen-bond acceptors (Lipinski definition) is 4. The van der Waals surface area contributed by atoms with Crippen molar-refractivity contribution >= 4 is 17.7 Å². The Balaban J connectivity index is 1.78. The Morgan fingerprint density at radius 1 is 1.32 bits per heavy atom. The van der Waals surface area contributed by atoms with Crippen LogP contribution in [0.3, 0.4) is 0 Å². The zero-order valence-corrected chi connectivity index (χ0v) is 11.3. The highest BCUT2D eigenvalue weighted by Gasteiger charge is 2.54. The van der Waals surface area contributed by atoms with Gasteiger partial charge in [0.1, 0.15) is 0 Å². The van der Waals surface area contributed by atoms with Gasteiger partial charge < -0.3 is 15.5 Å². The number of thioether (sulfide) groups is 1. The highest BCUT2D eigenvalue weighted by molar-refractivity contribution is 8.00. The molecule has 2 fully saturated rings. The van der Waals surface area contributed by atoms with Gasteiger partial charge in [0.05, 0.1) is 23.0 Å². The van der Waals surface area contributed by atoms with Gasteiger partial charge in [-0.25, -0.2) is 0 Å². The molecule has 1 saturated heterocycles. The van der Waals surface area contributed by atoms with Crippen LogP contribution in [0.15, 0.2) is 30.3 Å². The van der Waals surface area contributed by atoms with Crippen molar-refractivity contribution in [1.82, 2.24) is 5.32 Å². The van der Waals surface area contributed by atoms with Crippen molar-refractivity contribution in [1.29, 1.82) is 0 Å². The topological polar surface area (TPSA) is 69.6 Å². The summed E-state index contributed by atoms with van der Waals surface area (Å²) in [5, 5.41) is 23.0. The summed E-state index contributed by atoms with van der Waals surface area (Å²) in [6.07, 6.45) is 0.111. The first-order valence-electron chi connectivity index (χ1n) is 6.48. The maximum atomic E-state index is 12.2. The Labute approximate surface area is 116 Å². The maximum absolute atomic E-state index is 12.2. The number of amides is 1. The molecule has 19 heavy (non-hydrogen) atoms. The van der Waals surface area contributed by atoms with Crippen LogP contribution in [0.1, 0.15) is 23.2 Å². The summed E-state index contributed by atoms with van der Waals surface area (Å²) >= 11 is 1.55. The Bertz CT molecular complexity index is 481. The molecular weight excluding hydrogens is 262 g/mol. The van der Waals surface area contributed by atoms with Crippen molar-refractivity contribution in [3.63, 3.8) is 0 Å². The molecule has 1 amide bonds. The summed E-state index contributed by atoms with van der Waals surface area (Å²) in [6, 6.07) is 9.02. The lowest BCUT2D eigenvalue weighted by molar-refractivity contribution is -0.00240. The average Bonchev–Trinajstić information content (AvgIpc) is 2.64. The van der Waals surface area contributed by atoms with E-state index in [9.17, 15) is 15.0 Å². The van der Waals surface area contributed by atoms with Gasteiger partial charge in [-0.05, 0) is 25.0 Å². The number of rotatable bonds is 2. The number of hydrogen-bond donors (Lipinski definition) is 3. The largest absolute Gasteiger partial charge is 0.392 e. The first-order valence-corrected chi connectivity index (χ1v) is 7.53. The van der Waals surface area contributed by atoms with Crippen molar-refractivity contribution in [3.05, 3.63) is 35.9 Å². The van der Waals surface area contributed by atoms with E-state index in [0.29, 0.717) is 24.2 Å². The molecule has 0 unspecified atom stereocenters. The zero-order chi connectivity index (χ0) is 13.5. The monoisotopic (exact) mass is 279 g/mol. The van der Waals surface area contributed by atoms with Crippen LogP contribution in [-0.2, 0) is 0 Å². The maximum Gasteiger partial charge on any atom is 0.251 e. The predicted molar refractivity (Wildman–Crippen MR) is 74.1 cm³/mol. The van der Waals surface area contributed by atoms with Crippen LogP contribution in [0, 0.1) is 0 Å². The Morgan fingerprint density at radius 2 is 2.05 bits per heavy atom. The lowest BCUT2D eigenvalue weighted by Crippen LogP contribution is -2.61. The highest BCUT2D eigenvalue weighted by Crippen LogP contribution is 2.45. The van der Waals surface area contributed by atoms with E-state index in [4.69, 9.17) is 0 Å². The third kappa shape index (κ3) is 2.16. The van der Waals surface area contributed by atoms with E-state index in [0.717, 1.165) is 0 Å². The smallest absolute Gasteiger partial charge is 0.251 e. The molecule has 1 aliphatic carbocycles. The number of fused-ring (bicyclic) bond motifs is 2. The first-order chi connectivity index (χ1) is 9.12. The normalized spacial score (nSPS) is 37.1. The molecule has 0 spiro atoms. The minimum Gasteiger partial charge on any atom is -0.392 e. The van der Waals surface area contributed by atoms with E-state index >= 15 is 0 Å². The predicted octanol–water partition coefficient (Wildman–Crippen LogP) is 0.786. The molecule has 4 atom stereocenters. The van der Waals surface area contributed by atoms with Crippen molar-refractivity contribution < 1.29 is 15.0 Å². The van der Waals surface area contributed by atoms with Crippen LogP contribution in [0.25, 0.3) is 0 Å². The minimum absolute atomic E-state index is 0.155. The van der Waals surface area contributed by atoms with Gasteiger partial charge in [-0.2, -0.15) is 11.8 Å². The molecule has 1 aromatic carbocycles. The second-order valence-electron chi connectivity index (χ2n) is 5.30. The van der Waals surface area contributed by atoms with Gasteiger partial charge in [0, 0.05) is 11.3 Å². The third-order valence-electron chi connectivity index (χ3n) is 4.07. The standard InChI is InChI=1S/C14H17NO3S/c16-10-6-7-14(8-19-11(10)12(14)17)15-13(18)9-4-2-1-3-5-9/h1-5,10-12,16-17H,6-8H2,(H,15,18)/t10-,11-,12-,14-/m0/s1. The second-order valence-corrected chi connectivity index (χ2v) is 6.47. The fourth-order valence-corrected chi connectivity index (χ4v) is 4.59. The number of aliphatic hydroxyl groups excluding tert-OH is 2. The molecule has 1 aromatic rings. The minimum atomic E-state index is -0.672. The molecule has 1 heterocycles. The SMILES string of the molecule is O=C(N[C@@]12CC[C@H](O)[C@H](SC1)[C@@H]2O)c1ccccc1. The van der Waals surface area contributed by atoms with Crippen molar-refractivity contribution in [2.24, 2.45) is 0 Å². The Kier molecular flexibility index (Phi) is 3.28. The van der Waals surface area contributed by atoms with Crippen LogP contribution < -0.4 is 5.32 Å². The molecule has 1 aliphatic heterocycles. The van der Waals surface area contributed by atoms with E-state index in [2.05, 4.69) is 5.32 Å². The first kappa shape index (κ1) is 13.0. The number of aliphatic hydroxyl groups is 2. The lowest BCUT2D eigenvalue weighted by Gasteiger charge is -2.39. The van der Waals surface area contributed by atoms with E-state index in [1.807, 2.05) is 18.2 Å². The number of benzene rings is 1. The van der Waals surface area contributed by atoms with Crippen molar-refractivity contribution in [2.45, 2.75) is 35.8 Å². The number of carbonyl (C=O) groups is 1. The molecule has 0 radical (unpaired) electrons. The molecular formula is C14H17NO3S. The molecule has 3 N–H and O–H groups in total. The van der Waals surface area contributed by atoms with Crippen molar-refractivity contribution in [2.75, 3.05) is 5.75 Å². The molecule has 5 heteroatoms. The molecule has 102 valence electrons. The molecule has 2 bridgehead atoms. The molecule has 2 aliphatic rings. The quantitative estimate of drug-likeness (QED) is 0.748. The third-order valence-corrected chi connectivity index (χ3v) is 5.71. The van der Waals surface area contributed by atoms with Gasteiger partial charge in [-0.1, -0.05) is 18.2 Å². The molecule has 4 nitrogen and oxygen atoms in total. The summed E-state index contributed by atoms with van der Waals surface area (Å²) in [7, 11) is 0. The van der Waals surface area contributed by atoms with E-state index in [-0.39, 0.29) is 11.2 Å². The fraction of sp³-hybridized carbons (Fsp3) is 0.500. The number of carbonyl (C=O) groups excluding carboxylic acids is 1. The number of nitrogens with one attached hydrogen (secondary N) is 1. The van der Waals surface area contributed by atoms with Crippen LogP contribution in [0.4, 0.5) is 0 Å². The summed E-state index contributed by atoms with van der Waals surface area (Å²) in [6.45, 7) is 0. The van der Waals surface area contributed by atoms with Crippen LogP contribution in [0.5, 0.6) is 0 Å². The fourth-order valence-electron chi connectivity index (χ4n) is 2.91. The van der Waals surface area contributed by atoms with Crippen LogP contribution >= 0.6 is 11.8 Å². The molecule has 1 saturated carbocycles.